The SMILES string of the molecule is CCCOC1Cc2ccccc2C12CCc1ccccc12. The van der Waals surface area contributed by atoms with Gasteiger partial charge in [-0.2, -0.15) is 0 Å². The van der Waals surface area contributed by atoms with E-state index in [0.29, 0.717) is 6.10 Å². The van der Waals surface area contributed by atoms with Gasteiger partial charge in [-0.05, 0) is 41.5 Å². The Morgan fingerprint density at radius 2 is 1.67 bits per heavy atom. The van der Waals surface area contributed by atoms with Crippen molar-refractivity contribution in [3.63, 3.8) is 0 Å². The fraction of sp³-hybridized carbons (Fsp3) is 0.400. The van der Waals surface area contributed by atoms with E-state index < -0.39 is 0 Å². The third-order valence-electron chi connectivity index (χ3n) is 5.26. The lowest BCUT2D eigenvalue weighted by molar-refractivity contribution is 0.0192. The summed E-state index contributed by atoms with van der Waals surface area (Å²) in [5.41, 5.74) is 6.12. The van der Waals surface area contributed by atoms with Crippen LogP contribution in [0.1, 0.15) is 42.0 Å². The third-order valence-corrected chi connectivity index (χ3v) is 5.26. The molecule has 0 amide bonds. The molecule has 0 aliphatic heterocycles. The Hall–Kier alpha value is -1.60. The number of hydrogen-bond acceptors (Lipinski definition) is 1. The van der Waals surface area contributed by atoms with Crippen LogP contribution >= 0.6 is 0 Å². The topological polar surface area (TPSA) is 9.23 Å². The summed E-state index contributed by atoms with van der Waals surface area (Å²) in [5, 5.41) is 0. The lowest BCUT2D eigenvalue weighted by atomic mass is 9.75. The molecule has 0 aromatic heterocycles. The summed E-state index contributed by atoms with van der Waals surface area (Å²) in [6.07, 6.45) is 4.82. The lowest BCUT2D eigenvalue weighted by Crippen LogP contribution is -2.37. The molecule has 0 heterocycles. The lowest BCUT2D eigenvalue weighted by Gasteiger charge is -2.33. The van der Waals surface area contributed by atoms with Gasteiger partial charge >= 0.3 is 0 Å². The van der Waals surface area contributed by atoms with Crippen LogP contribution in [0, 0.1) is 0 Å². The predicted octanol–water partition coefficient (Wildman–Crippen LogP) is 4.27. The van der Waals surface area contributed by atoms with Crippen molar-refractivity contribution in [3.05, 3.63) is 70.8 Å². The van der Waals surface area contributed by atoms with E-state index in [4.69, 9.17) is 4.74 Å². The summed E-state index contributed by atoms with van der Waals surface area (Å²) >= 11 is 0. The molecule has 1 heteroatoms. The van der Waals surface area contributed by atoms with Crippen molar-refractivity contribution in [2.75, 3.05) is 6.61 Å². The van der Waals surface area contributed by atoms with E-state index in [1.165, 1.54) is 35.1 Å². The highest BCUT2D eigenvalue weighted by Crippen LogP contribution is 2.53. The minimum absolute atomic E-state index is 0.0996. The van der Waals surface area contributed by atoms with Crippen LogP contribution in [0.15, 0.2) is 48.5 Å². The molecular weight excluding hydrogens is 256 g/mol. The maximum Gasteiger partial charge on any atom is 0.0752 e. The Balaban J connectivity index is 1.87. The van der Waals surface area contributed by atoms with Gasteiger partial charge in [0.15, 0.2) is 0 Å². The number of hydrogen-bond donors (Lipinski definition) is 0. The van der Waals surface area contributed by atoms with E-state index >= 15 is 0 Å². The molecule has 0 bridgehead atoms. The number of aryl methyl sites for hydroxylation is 1. The monoisotopic (exact) mass is 278 g/mol. The van der Waals surface area contributed by atoms with E-state index in [2.05, 4.69) is 55.5 Å². The van der Waals surface area contributed by atoms with Crippen molar-refractivity contribution in [2.24, 2.45) is 0 Å². The van der Waals surface area contributed by atoms with Crippen molar-refractivity contribution < 1.29 is 4.74 Å². The first kappa shape index (κ1) is 13.1. The van der Waals surface area contributed by atoms with Crippen LogP contribution in [0.5, 0.6) is 0 Å². The summed E-state index contributed by atoms with van der Waals surface area (Å²) in [4.78, 5) is 0. The van der Waals surface area contributed by atoms with Crippen LogP contribution in [0.25, 0.3) is 0 Å². The van der Waals surface area contributed by atoms with E-state index in [-0.39, 0.29) is 5.41 Å². The maximum atomic E-state index is 6.33. The Morgan fingerprint density at radius 3 is 2.43 bits per heavy atom. The molecule has 1 spiro atoms. The molecule has 2 aromatic carbocycles. The van der Waals surface area contributed by atoms with Gasteiger partial charge in [-0.15, -0.1) is 0 Å². The predicted molar refractivity (Wildman–Crippen MR) is 85.7 cm³/mol. The minimum Gasteiger partial charge on any atom is -0.377 e. The third kappa shape index (κ3) is 1.80. The molecule has 2 aromatic rings. The zero-order valence-electron chi connectivity index (χ0n) is 12.6. The highest BCUT2D eigenvalue weighted by atomic mass is 16.5. The second-order valence-corrected chi connectivity index (χ2v) is 6.35. The molecule has 4 rings (SSSR count). The van der Waals surface area contributed by atoms with E-state index in [1.54, 1.807) is 0 Å². The van der Waals surface area contributed by atoms with Crippen molar-refractivity contribution in [1.82, 2.24) is 0 Å². The second-order valence-electron chi connectivity index (χ2n) is 6.35. The largest absolute Gasteiger partial charge is 0.377 e. The van der Waals surface area contributed by atoms with Gasteiger partial charge in [0.1, 0.15) is 0 Å². The van der Waals surface area contributed by atoms with Crippen molar-refractivity contribution in [1.29, 1.82) is 0 Å². The fourth-order valence-corrected chi connectivity index (χ4v) is 4.40. The highest BCUT2D eigenvalue weighted by molar-refractivity contribution is 5.55. The van der Waals surface area contributed by atoms with E-state index in [9.17, 15) is 0 Å². The first-order valence-corrected chi connectivity index (χ1v) is 8.14. The van der Waals surface area contributed by atoms with Crippen LogP contribution < -0.4 is 0 Å². The smallest absolute Gasteiger partial charge is 0.0752 e. The first-order valence-electron chi connectivity index (χ1n) is 8.14. The van der Waals surface area contributed by atoms with Crippen LogP contribution in [0.2, 0.25) is 0 Å². The van der Waals surface area contributed by atoms with Gasteiger partial charge in [0, 0.05) is 18.4 Å². The van der Waals surface area contributed by atoms with Crippen molar-refractivity contribution >= 4 is 0 Å². The quantitative estimate of drug-likeness (QED) is 0.814. The van der Waals surface area contributed by atoms with E-state index in [0.717, 1.165) is 19.4 Å². The molecule has 2 atom stereocenters. The first-order chi connectivity index (χ1) is 10.4. The Kier molecular flexibility index (Phi) is 3.11. The molecule has 0 radical (unpaired) electrons. The molecule has 1 nitrogen and oxygen atoms in total. The summed E-state index contributed by atoms with van der Waals surface area (Å²) < 4.78 is 6.33. The maximum absolute atomic E-state index is 6.33. The molecule has 0 saturated carbocycles. The van der Waals surface area contributed by atoms with Crippen molar-refractivity contribution in [3.8, 4) is 0 Å². The minimum atomic E-state index is 0.0996. The molecule has 0 fully saturated rings. The molecule has 108 valence electrons. The van der Waals surface area contributed by atoms with Gasteiger partial charge in [0.25, 0.3) is 0 Å². The van der Waals surface area contributed by atoms with Crippen LogP contribution in [-0.4, -0.2) is 12.7 Å². The molecular formula is C20H22O. The van der Waals surface area contributed by atoms with Crippen molar-refractivity contribution in [2.45, 2.75) is 44.1 Å². The summed E-state index contributed by atoms with van der Waals surface area (Å²) in [5.74, 6) is 0. The second kappa shape index (κ2) is 4.99. The van der Waals surface area contributed by atoms with Crippen LogP contribution in [0.4, 0.5) is 0 Å². The zero-order valence-corrected chi connectivity index (χ0v) is 12.6. The normalized spacial score (nSPS) is 26.0. The summed E-state index contributed by atoms with van der Waals surface area (Å²) in [6, 6.07) is 17.9. The van der Waals surface area contributed by atoms with Gasteiger partial charge < -0.3 is 4.74 Å². The summed E-state index contributed by atoms with van der Waals surface area (Å²) in [6.45, 7) is 3.06. The fourth-order valence-electron chi connectivity index (χ4n) is 4.40. The van der Waals surface area contributed by atoms with Gasteiger partial charge in [-0.1, -0.05) is 55.5 Å². The van der Waals surface area contributed by atoms with Gasteiger partial charge in [-0.3, -0.25) is 0 Å². The molecule has 21 heavy (non-hydrogen) atoms. The average molecular weight is 278 g/mol. The summed E-state index contributed by atoms with van der Waals surface area (Å²) in [7, 11) is 0. The molecule has 2 aliphatic carbocycles. The molecule has 0 saturated heterocycles. The number of ether oxygens (including phenoxy) is 1. The zero-order chi connectivity index (χ0) is 14.3. The average Bonchev–Trinajstić information content (AvgIpc) is 3.07. The highest BCUT2D eigenvalue weighted by Gasteiger charge is 2.51. The standard InChI is InChI=1S/C20H22O/c1-2-13-21-19-14-16-8-4-6-10-18(16)20(19)12-11-15-7-3-5-9-17(15)20/h3-10,19H,2,11-14H2,1H3. The van der Waals surface area contributed by atoms with Gasteiger partial charge in [-0.25, -0.2) is 0 Å². The van der Waals surface area contributed by atoms with E-state index in [1.807, 2.05) is 0 Å². The Bertz CT molecular complexity index is 647. The number of fused-ring (bicyclic) bond motifs is 4. The number of benzene rings is 2. The van der Waals surface area contributed by atoms with Gasteiger partial charge in [0.2, 0.25) is 0 Å². The van der Waals surface area contributed by atoms with Gasteiger partial charge in [0.05, 0.1) is 6.10 Å². The van der Waals surface area contributed by atoms with Crippen LogP contribution in [0.3, 0.4) is 0 Å². The Labute approximate surface area is 127 Å². The number of rotatable bonds is 3. The molecule has 0 N–H and O–H groups in total. The molecule has 2 unspecified atom stereocenters. The van der Waals surface area contributed by atoms with Crippen LogP contribution in [-0.2, 0) is 23.0 Å². The Morgan fingerprint density at radius 1 is 1.00 bits per heavy atom. The molecule has 2 aliphatic rings.